The number of aryl methyl sites for hydroxylation is 1. The molecule has 4 heteroatoms. The van der Waals surface area contributed by atoms with Crippen molar-refractivity contribution in [3.05, 3.63) is 23.8 Å². The van der Waals surface area contributed by atoms with E-state index in [1.54, 1.807) is 7.11 Å². The van der Waals surface area contributed by atoms with Crippen molar-refractivity contribution < 1.29 is 14.6 Å². The van der Waals surface area contributed by atoms with Crippen LogP contribution in [0.15, 0.2) is 18.2 Å². The van der Waals surface area contributed by atoms with E-state index >= 15 is 0 Å². The normalized spacial score (nSPS) is 13.9. The van der Waals surface area contributed by atoms with Crippen LogP contribution in [0.4, 0.5) is 0 Å². The average molecular weight is 267 g/mol. The zero-order valence-corrected chi connectivity index (χ0v) is 12.1. The van der Waals surface area contributed by atoms with E-state index in [0.29, 0.717) is 11.5 Å². The Balaban J connectivity index is 2.84. The van der Waals surface area contributed by atoms with Gasteiger partial charge in [-0.3, -0.25) is 0 Å². The van der Waals surface area contributed by atoms with Gasteiger partial charge in [0.05, 0.1) is 13.7 Å². The summed E-state index contributed by atoms with van der Waals surface area (Å²) in [6.07, 6.45) is 2.32. The van der Waals surface area contributed by atoms with E-state index in [2.05, 4.69) is 13.8 Å². The highest BCUT2D eigenvalue weighted by atomic mass is 16.5. The molecular weight excluding hydrogens is 242 g/mol. The van der Waals surface area contributed by atoms with Crippen LogP contribution in [0.25, 0.3) is 0 Å². The Morgan fingerprint density at radius 2 is 2.00 bits per heavy atom. The van der Waals surface area contributed by atoms with Crippen LogP contribution in [-0.2, 0) is 6.42 Å². The Kier molecular flexibility index (Phi) is 6.67. The molecule has 3 N–H and O–H groups in total. The Morgan fingerprint density at radius 1 is 1.26 bits per heavy atom. The molecule has 0 spiro atoms. The van der Waals surface area contributed by atoms with Gasteiger partial charge in [-0.1, -0.05) is 26.3 Å². The maximum atomic E-state index is 9.40. The molecule has 0 amide bonds. The standard InChI is InChI=1S/C15H25NO3/c1-4-6-12(16)15(10-17)19-13-8-7-11(5-2)9-14(13)18-3/h7-9,12,15,17H,4-6,10,16H2,1-3H3. The molecule has 0 aliphatic rings. The number of ether oxygens (including phenoxy) is 2. The summed E-state index contributed by atoms with van der Waals surface area (Å²) in [5.74, 6) is 1.31. The summed E-state index contributed by atoms with van der Waals surface area (Å²) in [5.41, 5.74) is 7.19. The molecule has 1 aromatic carbocycles. The molecule has 108 valence electrons. The number of methoxy groups -OCH3 is 1. The van der Waals surface area contributed by atoms with Crippen molar-refractivity contribution in [1.29, 1.82) is 0 Å². The van der Waals surface area contributed by atoms with Crippen LogP contribution in [0.1, 0.15) is 32.3 Å². The van der Waals surface area contributed by atoms with Crippen molar-refractivity contribution in [3.8, 4) is 11.5 Å². The quantitative estimate of drug-likeness (QED) is 0.757. The van der Waals surface area contributed by atoms with Crippen molar-refractivity contribution in [1.82, 2.24) is 0 Å². The Hall–Kier alpha value is -1.26. The summed E-state index contributed by atoms with van der Waals surface area (Å²) in [6, 6.07) is 5.65. The number of hydrogen-bond donors (Lipinski definition) is 2. The third-order valence-corrected chi connectivity index (χ3v) is 3.19. The summed E-state index contributed by atoms with van der Waals surface area (Å²) in [6.45, 7) is 4.05. The molecule has 2 unspecified atom stereocenters. The van der Waals surface area contributed by atoms with Gasteiger partial charge in [-0.2, -0.15) is 0 Å². The molecule has 0 heterocycles. The molecule has 0 saturated heterocycles. The number of benzene rings is 1. The number of aliphatic hydroxyl groups is 1. The topological polar surface area (TPSA) is 64.7 Å². The van der Waals surface area contributed by atoms with Crippen LogP contribution in [0, 0.1) is 0 Å². The summed E-state index contributed by atoms with van der Waals surface area (Å²) < 4.78 is 11.1. The molecule has 0 aliphatic carbocycles. The monoisotopic (exact) mass is 267 g/mol. The Bertz CT molecular complexity index is 382. The first-order chi connectivity index (χ1) is 9.15. The predicted octanol–water partition coefficient (Wildman–Crippen LogP) is 2.12. The van der Waals surface area contributed by atoms with E-state index in [4.69, 9.17) is 15.2 Å². The van der Waals surface area contributed by atoms with Gasteiger partial charge in [0.25, 0.3) is 0 Å². The lowest BCUT2D eigenvalue weighted by Gasteiger charge is -2.24. The molecule has 0 radical (unpaired) electrons. The number of aliphatic hydroxyl groups excluding tert-OH is 1. The van der Waals surface area contributed by atoms with Crippen molar-refractivity contribution in [2.24, 2.45) is 5.73 Å². The molecule has 0 aliphatic heterocycles. The summed E-state index contributed by atoms with van der Waals surface area (Å²) >= 11 is 0. The van der Waals surface area contributed by atoms with E-state index in [9.17, 15) is 5.11 Å². The van der Waals surface area contributed by atoms with E-state index in [0.717, 1.165) is 19.3 Å². The first-order valence-electron chi connectivity index (χ1n) is 6.86. The zero-order valence-electron chi connectivity index (χ0n) is 12.1. The molecule has 2 atom stereocenters. The van der Waals surface area contributed by atoms with E-state index in [1.165, 1.54) is 5.56 Å². The lowest BCUT2D eigenvalue weighted by molar-refractivity contribution is 0.0889. The second kappa shape index (κ2) is 8.02. The van der Waals surface area contributed by atoms with E-state index in [-0.39, 0.29) is 12.6 Å². The fraction of sp³-hybridized carbons (Fsp3) is 0.600. The number of rotatable bonds is 8. The van der Waals surface area contributed by atoms with Gasteiger partial charge in [-0.15, -0.1) is 0 Å². The Morgan fingerprint density at radius 3 is 2.53 bits per heavy atom. The lowest BCUT2D eigenvalue weighted by Crippen LogP contribution is -2.41. The number of nitrogens with two attached hydrogens (primary N) is 1. The first-order valence-corrected chi connectivity index (χ1v) is 6.86. The zero-order chi connectivity index (χ0) is 14.3. The van der Waals surface area contributed by atoms with Crippen LogP contribution >= 0.6 is 0 Å². The van der Waals surface area contributed by atoms with Gasteiger partial charge >= 0.3 is 0 Å². The van der Waals surface area contributed by atoms with Gasteiger partial charge in [0, 0.05) is 6.04 Å². The highest BCUT2D eigenvalue weighted by molar-refractivity contribution is 5.43. The largest absolute Gasteiger partial charge is 0.493 e. The van der Waals surface area contributed by atoms with Gasteiger partial charge in [0.15, 0.2) is 11.5 Å². The molecule has 1 rings (SSSR count). The maximum absolute atomic E-state index is 9.40. The van der Waals surface area contributed by atoms with Crippen LogP contribution in [0.5, 0.6) is 11.5 Å². The molecule has 0 saturated carbocycles. The smallest absolute Gasteiger partial charge is 0.161 e. The van der Waals surface area contributed by atoms with E-state index in [1.807, 2.05) is 18.2 Å². The minimum absolute atomic E-state index is 0.0974. The third-order valence-electron chi connectivity index (χ3n) is 3.19. The molecule has 1 aromatic rings. The van der Waals surface area contributed by atoms with Crippen molar-refractivity contribution in [2.45, 2.75) is 45.3 Å². The van der Waals surface area contributed by atoms with Gasteiger partial charge < -0.3 is 20.3 Å². The summed E-state index contributed by atoms with van der Waals surface area (Å²) in [5, 5.41) is 9.40. The van der Waals surface area contributed by atoms with Gasteiger partial charge in [-0.25, -0.2) is 0 Å². The average Bonchev–Trinajstić information content (AvgIpc) is 2.44. The number of hydrogen-bond acceptors (Lipinski definition) is 4. The summed E-state index contributed by atoms with van der Waals surface area (Å²) in [4.78, 5) is 0. The molecule has 19 heavy (non-hydrogen) atoms. The van der Waals surface area contributed by atoms with E-state index < -0.39 is 6.10 Å². The molecule has 4 nitrogen and oxygen atoms in total. The van der Waals surface area contributed by atoms with Crippen molar-refractivity contribution in [2.75, 3.05) is 13.7 Å². The fourth-order valence-corrected chi connectivity index (χ4v) is 1.97. The highest BCUT2D eigenvalue weighted by Crippen LogP contribution is 2.29. The van der Waals surface area contributed by atoms with Crippen molar-refractivity contribution in [3.63, 3.8) is 0 Å². The van der Waals surface area contributed by atoms with Gasteiger partial charge in [-0.05, 0) is 30.5 Å². The van der Waals surface area contributed by atoms with Gasteiger partial charge in [0.1, 0.15) is 6.10 Å². The van der Waals surface area contributed by atoms with Crippen LogP contribution < -0.4 is 15.2 Å². The molecule has 0 bridgehead atoms. The Labute approximate surface area is 115 Å². The lowest BCUT2D eigenvalue weighted by atomic mass is 10.1. The minimum atomic E-state index is -0.402. The van der Waals surface area contributed by atoms with Gasteiger partial charge in [0.2, 0.25) is 0 Å². The second-order valence-corrected chi connectivity index (χ2v) is 4.63. The van der Waals surface area contributed by atoms with Crippen molar-refractivity contribution >= 4 is 0 Å². The second-order valence-electron chi connectivity index (χ2n) is 4.63. The minimum Gasteiger partial charge on any atom is -0.493 e. The molecule has 0 aromatic heterocycles. The highest BCUT2D eigenvalue weighted by Gasteiger charge is 2.19. The predicted molar refractivity (Wildman–Crippen MR) is 76.8 cm³/mol. The first kappa shape index (κ1) is 15.8. The SMILES string of the molecule is CCCC(N)C(CO)Oc1ccc(CC)cc1OC. The third kappa shape index (κ3) is 4.40. The van der Waals surface area contributed by atoms with Crippen LogP contribution in [-0.4, -0.2) is 31.0 Å². The molecular formula is C15H25NO3. The van der Waals surface area contributed by atoms with Crippen LogP contribution in [0.3, 0.4) is 0 Å². The fourth-order valence-electron chi connectivity index (χ4n) is 1.97. The van der Waals surface area contributed by atoms with Crippen LogP contribution in [0.2, 0.25) is 0 Å². The maximum Gasteiger partial charge on any atom is 0.161 e. The summed E-state index contributed by atoms with van der Waals surface area (Å²) in [7, 11) is 1.61. The molecule has 0 fully saturated rings.